The van der Waals surface area contributed by atoms with Crippen molar-refractivity contribution in [2.45, 2.75) is 59.8 Å². The Bertz CT molecular complexity index is 521. The fourth-order valence-electron chi connectivity index (χ4n) is 1.45. The number of aromatic nitrogens is 4. The fourth-order valence-corrected chi connectivity index (χ4v) is 1.45. The molecule has 128 valence electrons. The van der Waals surface area contributed by atoms with E-state index < -0.39 is 0 Å². The summed E-state index contributed by atoms with van der Waals surface area (Å²) in [5, 5.41) is 0. The van der Waals surface area contributed by atoms with E-state index in [0.717, 1.165) is 11.3 Å². The van der Waals surface area contributed by atoms with Gasteiger partial charge in [-0.05, 0) is 11.0 Å². The molecule has 0 aromatic carbocycles. The van der Waals surface area contributed by atoms with Crippen LogP contribution in [0.5, 0.6) is 0 Å². The van der Waals surface area contributed by atoms with Crippen LogP contribution in [-0.4, -0.2) is 19.9 Å². The first-order chi connectivity index (χ1) is 10.00. The van der Waals surface area contributed by atoms with E-state index in [0.29, 0.717) is 11.8 Å². The number of nitrogens with two attached hydrogens (primary N) is 2. The van der Waals surface area contributed by atoms with Gasteiger partial charge >= 0.3 is 0 Å². The Kier molecular flexibility index (Phi) is 7.09. The third-order valence-corrected chi connectivity index (χ3v) is 2.98. The monoisotopic (exact) mass is 318 g/mol. The van der Waals surface area contributed by atoms with Gasteiger partial charge < -0.3 is 11.5 Å². The highest BCUT2D eigenvalue weighted by atomic mass is 15.0. The molecule has 6 nitrogen and oxygen atoms in total. The van der Waals surface area contributed by atoms with Crippen LogP contribution in [-0.2, 0) is 10.8 Å². The largest absolute Gasteiger partial charge is 0.382 e. The Morgan fingerprint density at radius 3 is 1.57 bits per heavy atom. The van der Waals surface area contributed by atoms with Gasteiger partial charge in [0.2, 0.25) is 5.95 Å². The van der Waals surface area contributed by atoms with Crippen LogP contribution in [0.2, 0.25) is 0 Å². The Morgan fingerprint density at radius 1 is 0.696 bits per heavy atom. The van der Waals surface area contributed by atoms with Crippen molar-refractivity contribution in [2.24, 2.45) is 0 Å². The van der Waals surface area contributed by atoms with Gasteiger partial charge in [0.15, 0.2) is 0 Å². The summed E-state index contributed by atoms with van der Waals surface area (Å²) >= 11 is 0. The lowest BCUT2D eigenvalue weighted by molar-refractivity contribution is 0.566. The Balaban J connectivity index is 0.000000403. The number of anilines is 2. The lowest BCUT2D eigenvalue weighted by Gasteiger charge is -2.17. The summed E-state index contributed by atoms with van der Waals surface area (Å²) in [5.41, 5.74) is 13.0. The summed E-state index contributed by atoms with van der Waals surface area (Å²) in [4.78, 5) is 15.9. The SMILES string of the molecule is C.CC(C)(C)c1cnc(N)cn1.CC(C)(C)c1cnc(N)nc1. The van der Waals surface area contributed by atoms with Gasteiger partial charge in [-0.2, -0.15) is 0 Å². The maximum Gasteiger partial charge on any atom is 0.219 e. The minimum Gasteiger partial charge on any atom is -0.382 e. The second kappa shape index (κ2) is 7.85. The maximum atomic E-state index is 5.40. The number of rotatable bonds is 0. The quantitative estimate of drug-likeness (QED) is 0.772. The Hall–Kier alpha value is -2.24. The predicted molar refractivity (Wildman–Crippen MR) is 97.0 cm³/mol. The van der Waals surface area contributed by atoms with Crippen molar-refractivity contribution in [3.05, 3.63) is 36.0 Å². The van der Waals surface area contributed by atoms with Crippen molar-refractivity contribution < 1.29 is 0 Å². The minimum absolute atomic E-state index is 0. The molecular formula is C17H30N6. The number of hydrogen-bond acceptors (Lipinski definition) is 6. The Morgan fingerprint density at radius 2 is 1.22 bits per heavy atom. The van der Waals surface area contributed by atoms with Crippen LogP contribution in [0.1, 0.15) is 60.2 Å². The molecule has 2 aromatic rings. The van der Waals surface area contributed by atoms with Crippen LogP contribution in [0.15, 0.2) is 24.8 Å². The number of hydrogen-bond donors (Lipinski definition) is 2. The lowest BCUT2D eigenvalue weighted by atomic mass is 9.89. The smallest absolute Gasteiger partial charge is 0.219 e. The average molecular weight is 318 g/mol. The summed E-state index contributed by atoms with van der Waals surface area (Å²) in [6.45, 7) is 12.6. The zero-order valence-corrected chi connectivity index (χ0v) is 14.3. The van der Waals surface area contributed by atoms with Gasteiger partial charge in [0.05, 0.1) is 18.1 Å². The molecule has 0 saturated carbocycles. The third kappa shape index (κ3) is 7.04. The maximum absolute atomic E-state index is 5.40. The fraction of sp³-hybridized carbons (Fsp3) is 0.529. The van der Waals surface area contributed by atoms with Crippen LogP contribution in [0.4, 0.5) is 11.8 Å². The first kappa shape index (κ1) is 20.8. The van der Waals surface area contributed by atoms with Gasteiger partial charge in [0.1, 0.15) is 5.82 Å². The van der Waals surface area contributed by atoms with E-state index in [1.807, 2.05) is 0 Å². The molecule has 23 heavy (non-hydrogen) atoms. The molecule has 0 aliphatic heterocycles. The van der Waals surface area contributed by atoms with E-state index in [4.69, 9.17) is 11.5 Å². The molecule has 0 saturated heterocycles. The average Bonchev–Trinajstić information content (AvgIpc) is 2.38. The molecule has 2 heterocycles. The highest BCUT2D eigenvalue weighted by Crippen LogP contribution is 2.20. The van der Waals surface area contributed by atoms with Gasteiger partial charge in [-0.1, -0.05) is 49.0 Å². The van der Waals surface area contributed by atoms with Crippen molar-refractivity contribution in [3.63, 3.8) is 0 Å². The van der Waals surface area contributed by atoms with Crippen LogP contribution >= 0.6 is 0 Å². The molecule has 0 amide bonds. The normalized spacial score (nSPS) is 11.0. The number of nitrogens with zero attached hydrogens (tertiary/aromatic N) is 4. The third-order valence-electron chi connectivity index (χ3n) is 2.98. The molecule has 0 bridgehead atoms. The molecule has 0 aliphatic rings. The highest BCUT2D eigenvalue weighted by Gasteiger charge is 2.15. The van der Waals surface area contributed by atoms with Gasteiger partial charge in [0.25, 0.3) is 0 Å². The zero-order valence-electron chi connectivity index (χ0n) is 14.3. The van der Waals surface area contributed by atoms with E-state index in [9.17, 15) is 0 Å². The summed E-state index contributed by atoms with van der Waals surface area (Å²) in [6, 6.07) is 0. The lowest BCUT2D eigenvalue weighted by Crippen LogP contribution is -2.13. The molecule has 0 aliphatic carbocycles. The predicted octanol–water partition coefficient (Wildman–Crippen LogP) is 3.35. The van der Waals surface area contributed by atoms with E-state index in [1.165, 1.54) is 0 Å². The van der Waals surface area contributed by atoms with E-state index in [2.05, 4.69) is 61.5 Å². The first-order valence-corrected chi connectivity index (χ1v) is 7.16. The van der Waals surface area contributed by atoms with Crippen LogP contribution in [0.25, 0.3) is 0 Å². The minimum atomic E-state index is 0. The molecular weight excluding hydrogens is 288 g/mol. The van der Waals surface area contributed by atoms with Crippen LogP contribution < -0.4 is 11.5 Å². The summed E-state index contributed by atoms with van der Waals surface area (Å²) in [7, 11) is 0. The van der Waals surface area contributed by atoms with Gasteiger partial charge in [0, 0.05) is 17.8 Å². The summed E-state index contributed by atoms with van der Waals surface area (Å²) in [5.74, 6) is 0.802. The van der Waals surface area contributed by atoms with Gasteiger partial charge in [-0.3, -0.25) is 4.98 Å². The zero-order chi connectivity index (χ0) is 17.0. The standard InChI is InChI=1S/2C8H13N3.CH4/c1-8(2,3)6-4-11-7(9)5-10-6;1-8(2,3)6-4-10-7(9)11-5-6;/h4-5H,1-3H3,(H2,9,11);4-5H,1-3H3,(H2,9,10,11);1H4. The number of nitrogen functional groups attached to an aromatic ring is 2. The molecule has 2 rings (SSSR count). The van der Waals surface area contributed by atoms with E-state index in [1.54, 1.807) is 24.8 Å². The van der Waals surface area contributed by atoms with E-state index in [-0.39, 0.29) is 18.3 Å². The van der Waals surface area contributed by atoms with Crippen molar-refractivity contribution in [3.8, 4) is 0 Å². The first-order valence-electron chi connectivity index (χ1n) is 7.16. The molecule has 6 heteroatoms. The van der Waals surface area contributed by atoms with Crippen molar-refractivity contribution in [2.75, 3.05) is 11.5 Å². The van der Waals surface area contributed by atoms with Crippen molar-refractivity contribution >= 4 is 11.8 Å². The topological polar surface area (TPSA) is 104 Å². The molecule has 0 fully saturated rings. The molecule has 0 atom stereocenters. The van der Waals surface area contributed by atoms with Crippen molar-refractivity contribution in [1.29, 1.82) is 0 Å². The van der Waals surface area contributed by atoms with E-state index >= 15 is 0 Å². The molecule has 4 N–H and O–H groups in total. The summed E-state index contributed by atoms with van der Waals surface area (Å²) in [6.07, 6.45) is 6.83. The molecule has 0 unspecified atom stereocenters. The molecule has 2 aromatic heterocycles. The second-order valence-electron chi connectivity index (χ2n) is 7.16. The molecule has 0 spiro atoms. The highest BCUT2D eigenvalue weighted by molar-refractivity contribution is 5.24. The second-order valence-corrected chi connectivity index (χ2v) is 7.16. The van der Waals surface area contributed by atoms with Gasteiger partial charge in [-0.15, -0.1) is 0 Å². The van der Waals surface area contributed by atoms with Crippen molar-refractivity contribution in [1.82, 2.24) is 19.9 Å². The Labute approximate surface area is 139 Å². The van der Waals surface area contributed by atoms with Crippen LogP contribution in [0, 0.1) is 0 Å². The van der Waals surface area contributed by atoms with Crippen LogP contribution in [0.3, 0.4) is 0 Å². The molecule has 0 radical (unpaired) electrons. The summed E-state index contributed by atoms with van der Waals surface area (Å²) < 4.78 is 0. The van der Waals surface area contributed by atoms with Gasteiger partial charge in [-0.25, -0.2) is 15.0 Å².